The molecule has 0 amide bonds. The third-order valence-electron chi connectivity index (χ3n) is 2.03. The Bertz CT molecular complexity index is 64.4. The van der Waals surface area contributed by atoms with Crippen molar-refractivity contribution in [3.63, 3.8) is 0 Å². The summed E-state index contributed by atoms with van der Waals surface area (Å²) in [5, 5.41) is 0. The molecule has 0 rings (SSSR count). The first-order valence-electron chi connectivity index (χ1n) is 5.06. The van der Waals surface area contributed by atoms with E-state index in [9.17, 15) is 0 Å². The summed E-state index contributed by atoms with van der Waals surface area (Å²) in [6.45, 7) is 2.28. The van der Waals surface area contributed by atoms with Gasteiger partial charge in [0.25, 0.3) is 0 Å². The second-order valence-corrected chi connectivity index (χ2v) is 4.45. The van der Waals surface area contributed by atoms with E-state index in [0.29, 0.717) is 0 Å². The Hall–Kier alpha value is 0.763. The summed E-state index contributed by atoms with van der Waals surface area (Å²) >= 11 is 1.71. The summed E-state index contributed by atoms with van der Waals surface area (Å²) in [7, 11) is 0. The van der Waals surface area contributed by atoms with Gasteiger partial charge in [0, 0.05) is 0 Å². The molecule has 0 aromatic carbocycles. The Labute approximate surface area is 103 Å². The largest absolute Gasteiger partial charge is 0.870 e. The van der Waals surface area contributed by atoms with Crippen molar-refractivity contribution in [2.24, 2.45) is 0 Å². The maximum absolute atomic E-state index is 2.28. The topological polar surface area (TPSA) is 90.0 Å². The van der Waals surface area contributed by atoms with Gasteiger partial charge in [-0.15, -0.1) is 0 Å². The minimum absolute atomic E-state index is 0. The van der Waals surface area contributed by atoms with Crippen molar-refractivity contribution in [2.45, 2.75) is 62.4 Å². The molecule has 3 N–H and O–H groups in total. The van der Waals surface area contributed by atoms with E-state index in [1.165, 1.54) is 55.5 Å². The molecule has 3 nitrogen and oxygen atoms in total. The van der Waals surface area contributed by atoms with Crippen LogP contribution in [0, 0.1) is 0 Å². The van der Waals surface area contributed by atoms with Gasteiger partial charge in [-0.3, -0.25) is 0 Å². The van der Waals surface area contributed by atoms with Crippen molar-refractivity contribution in [3.8, 4) is 0 Å². The molecule has 14 heavy (non-hydrogen) atoms. The van der Waals surface area contributed by atoms with E-state index < -0.39 is 0 Å². The predicted octanol–water partition coefficient (Wildman–Crippen LogP) is 3.56. The van der Waals surface area contributed by atoms with Crippen molar-refractivity contribution in [2.75, 3.05) is 0 Å². The fourth-order valence-electron chi connectivity index (χ4n) is 1.26. The van der Waals surface area contributed by atoms with Crippen LogP contribution in [0.1, 0.15) is 58.3 Å². The Morgan fingerprint density at radius 3 is 1.36 bits per heavy atom. The van der Waals surface area contributed by atoms with Gasteiger partial charge in [0.15, 0.2) is 0 Å². The Balaban J connectivity index is -0.000000167. The predicted molar refractivity (Wildman–Crippen MR) is 53.2 cm³/mol. The average Bonchev–Trinajstić information content (AvgIpc) is 2.03. The Morgan fingerprint density at radius 2 is 1.00 bits per heavy atom. The summed E-state index contributed by atoms with van der Waals surface area (Å²) in [4.78, 5) is 0. The molecule has 4 heteroatoms. The summed E-state index contributed by atoms with van der Waals surface area (Å²) in [6.07, 6.45) is 11.7. The average molecular weight is 284 g/mol. The fourth-order valence-corrected chi connectivity index (χ4v) is 1.87. The zero-order valence-electron chi connectivity index (χ0n) is 9.21. The SMILES string of the molecule is CCCCCCCCC[CH2][Zr+3].[OH-].[OH-].[OH-]. The second-order valence-electron chi connectivity index (χ2n) is 3.22. The van der Waals surface area contributed by atoms with Crippen LogP contribution in [0.3, 0.4) is 0 Å². The molecule has 0 radical (unpaired) electrons. The molecular weight excluding hydrogens is 259 g/mol. The van der Waals surface area contributed by atoms with Crippen LogP contribution in [0.15, 0.2) is 0 Å². The fraction of sp³-hybridized carbons (Fsp3) is 1.00. The van der Waals surface area contributed by atoms with Gasteiger partial charge in [0.1, 0.15) is 0 Å². The molecule has 0 heterocycles. The van der Waals surface area contributed by atoms with Gasteiger partial charge in [-0.2, -0.15) is 0 Å². The van der Waals surface area contributed by atoms with Crippen molar-refractivity contribution < 1.29 is 41.1 Å². The number of hydrogen-bond donors (Lipinski definition) is 0. The number of rotatable bonds is 8. The Kier molecular flexibility index (Phi) is 40.6. The van der Waals surface area contributed by atoms with Crippen molar-refractivity contribution >= 4 is 0 Å². The first kappa shape index (κ1) is 24.1. The van der Waals surface area contributed by atoms with E-state index >= 15 is 0 Å². The zero-order chi connectivity index (χ0) is 8.36. The van der Waals surface area contributed by atoms with Crippen LogP contribution in [0.2, 0.25) is 4.13 Å². The van der Waals surface area contributed by atoms with Crippen molar-refractivity contribution in [1.82, 2.24) is 0 Å². The van der Waals surface area contributed by atoms with Crippen LogP contribution >= 0.6 is 0 Å². The minimum atomic E-state index is 0. The van der Waals surface area contributed by atoms with E-state index in [1.54, 1.807) is 24.7 Å². The summed E-state index contributed by atoms with van der Waals surface area (Å²) < 4.78 is 1.46. The molecular formula is C10H24O3Zr. The van der Waals surface area contributed by atoms with Gasteiger partial charge in [-0.25, -0.2) is 0 Å². The third kappa shape index (κ3) is 23.0. The van der Waals surface area contributed by atoms with Gasteiger partial charge in [-0.1, -0.05) is 0 Å². The summed E-state index contributed by atoms with van der Waals surface area (Å²) in [6, 6.07) is 0. The van der Waals surface area contributed by atoms with Gasteiger partial charge in [0.05, 0.1) is 0 Å². The van der Waals surface area contributed by atoms with E-state index in [4.69, 9.17) is 0 Å². The quantitative estimate of drug-likeness (QED) is 0.638. The van der Waals surface area contributed by atoms with E-state index in [1.807, 2.05) is 0 Å². The summed E-state index contributed by atoms with van der Waals surface area (Å²) in [5.41, 5.74) is 0. The second kappa shape index (κ2) is 23.5. The molecule has 0 aromatic rings. The first-order valence-corrected chi connectivity index (χ1v) is 6.80. The molecule has 0 atom stereocenters. The van der Waals surface area contributed by atoms with Gasteiger partial charge in [-0.05, 0) is 0 Å². The zero-order valence-corrected chi connectivity index (χ0v) is 11.7. The van der Waals surface area contributed by atoms with Crippen LogP contribution in [-0.2, 0) is 24.7 Å². The molecule has 0 aliphatic rings. The molecule has 0 unspecified atom stereocenters. The van der Waals surface area contributed by atoms with Crippen LogP contribution in [0.4, 0.5) is 0 Å². The van der Waals surface area contributed by atoms with Gasteiger partial charge >= 0.3 is 87.1 Å². The van der Waals surface area contributed by atoms with Crippen LogP contribution in [0.5, 0.6) is 0 Å². The first-order chi connectivity index (χ1) is 5.41. The standard InChI is InChI=1S/C10H21.3H2O.Zr/c1-3-5-7-9-10-8-6-4-2;;;;/h1,3-10H2,2H3;3*1H2;/q;;;;+3/p-3. The monoisotopic (exact) mass is 282 g/mol. The van der Waals surface area contributed by atoms with E-state index in [-0.39, 0.29) is 16.4 Å². The van der Waals surface area contributed by atoms with E-state index in [0.717, 1.165) is 0 Å². The molecule has 86 valence electrons. The number of unbranched alkanes of at least 4 members (excludes halogenated alkanes) is 7. The Morgan fingerprint density at radius 1 is 0.643 bits per heavy atom. The van der Waals surface area contributed by atoms with Crippen LogP contribution in [0.25, 0.3) is 0 Å². The molecule has 0 aliphatic heterocycles. The maximum Gasteiger partial charge on any atom is -0.870 e. The molecule has 0 fully saturated rings. The molecule has 0 saturated heterocycles. The van der Waals surface area contributed by atoms with Crippen molar-refractivity contribution in [3.05, 3.63) is 0 Å². The molecule has 0 aromatic heterocycles. The minimum Gasteiger partial charge on any atom is -0.870 e. The van der Waals surface area contributed by atoms with E-state index in [2.05, 4.69) is 6.92 Å². The van der Waals surface area contributed by atoms with Crippen molar-refractivity contribution in [1.29, 1.82) is 0 Å². The maximum atomic E-state index is 2.28. The van der Waals surface area contributed by atoms with Gasteiger partial charge < -0.3 is 16.4 Å². The smallest absolute Gasteiger partial charge is 0.870 e. The van der Waals surface area contributed by atoms with Crippen LogP contribution in [-0.4, -0.2) is 16.4 Å². The summed E-state index contributed by atoms with van der Waals surface area (Å²) in [5.74, 6) is 0. The third-order valence-corrected chi connectivity index (χ3v) is 2.90. The molecule has 0 aliphatic carbocycles. The normalized spacial score (nSPS) is 8.21. The molecule has 0 bridgehead atoms. The van der Waals surface area contributed by atoms with Gasteiger partial charge in [0.2, 0.25) is 0 Å². The molecule has 0 spiro atoms. The number of hydrogen-bond acceptors (Lipinski definition) is 3. The molecule has 0 saturated carbocycles. The van der Waals surface area contributed by atoms with Crippen LogP contribution < -0.4 is 0 Å².